The van der Waals surface area contributed by atoms with E-state index >= 15 is 0 Å². The Morgan fingerprint density at radius 2 is 1.91 bits per heavy atom. The molecule has 1 heterocycles. The second-order valence-corrected chi connectivity index (χ2v) is 6.36. The van der Waals surface area contributed by atoms with Gasteiger partial charge in [0.05, 0.1) is 12.3 Å². The molecule has 1 aliphatic carbocycles. The van der Waals surface area contributed by atoms with E-state index in [1.807, 2.05) is 30.3 Å². The van der Waals surface area contributed by atoms with Crippen LogP contribution in [0.2, 0.25) is 0 Å². The Kier molecular flexibility index (Phi) is 3.83. The average molecular weight is 317 g/mol. The summed E-state index contributed by atoms with van der Waals surface area (Å²) in [5, 5.41) is 18.9. The number of likely N-dealkylation sites (tertiary alicyclic amines) is 1. The molecular formula is C17H19NO5. The molecule has 23 heavy (non-hydrogen) atoms. The number of carboxylic acids is 2. The molecule has 0 bridgehead atoms. The highest BCUT2D eigenvalue weighted by Crippen LogP contribution is 2.54. The zero-order valence-electron chi connectivity index (χ0n) is 12.6. The molecule has 1 saturated heterocycles. The molecule has 3 rings (SSSR count). The van der Waals surface area contributed by atoms with Gasteiger partial charge in [0.15, 0.2) is 0 Å². The van der Waals surface area contributed by atoms with Gasteiger partial charge >= 0.3 is 11.9 Å². The fourth-order valence-corrected chi connectivity index (χ4v) is 4.24. The number of rotatable bonds is 5. The van der Waals surface area contributed by atoms with E-state index in [9.17, 15) is 19.5 Å². The van der Waals surface area contributed by atoms with Gasteiger partial charge in [0.1, 0.15) is 5.41 Å². The van der Waals surface area contributed by atoms with Crippen LogP contribution in [0.5, 0.6) is 0 Å². The van der Waals surface area contributed by atoms with Crippen molar-refractivity contribution in [3.63, 3.8) is 0 Å². The summed E-state index contributed by atoms with van der Waals surface area (Å²) >= 11 is 0. The van der Waals surface area contributed by atoms with Gasteiger partial charge in [0.2, 0.25) is 5.91 Å². The normalized spacial score (nSPS) is 29.6. The number of hydrogen-bond donors (Lipinski definition) is 2. The van der Waals surface area contributed by atoms with Gasteiger partial charge in [-0.15, -0.1) is 0 Å². The van der Waals surface area contributed by atoms with E-state index in [-0.39, 0.29) is 5.91 Å². The fourth-order valence-electron chi connectivity index (χ4n) is 4.24. The zero-order valence-corrected chi connectivity index (χ0v) is 12.6. The van der Waals surface area contributed by atoms with E-state index in [2.05, 4.69) is 0 Å². The molecule has 1 amide bonds. The topological polar surface area (TPSA) is 94.9 Å². The van der Waals surface area contributed by atoms with E-state index in [1.54, 1.807) is 4.90 Å². The van der Waals surface area contributed by atoms with Gasteiger partial charge in [-0.3, -0.25) is 14.4 Å². The summed E-state index contributed by atoms with van der Waals surface area (Å²) in [7, 11) is 0. The van der Waals surface area contributed by atoms with E-state index in [4.69, 9.17) is 5.11 Å². The molecule has 1 aromatic rings. The average Bonchev–Trinajstić information content (AvgIpc) is 3.03. The molecule has 2 N–H and O–H groups in total. The Morgan fingerprint density at radius 1 is 1.22 bits per heavy atom. The second kappa shape index (κ2) is 5.68. The number of fused-ring (bicyclic) bond motifs is 1. The Hall–Kier alpha value is -2.37. The maximum absolute atomic E-state index is 12.8. The molecular weight excluding hydrogens is 298 g/mol. The first-order chi connectivity index (χ1) is 11.0. The van der Waals surface area contributed by atoms with E-state index < -0.39 is 35.7 Å². The van der Waals surface area contributed by atoms with Crippen LogP contribution in [0.25, 0.3) is 0 Å². The summed E-state index contributed by atoms with van der Waals surface area (Å²) in [4.78, 5) is 37.5. The number of benzene rings is 1. The lowest BCUT2D eigenvalue weighted by atomic mass is 9.72. The van der Waals surface area contributed by atoms with Gasteiger partial charge in [-0.05, 0) is 18.4 Å². The van der Waals surface area contributed by atoms with Crippen molar-refractivity contribution in [3.8, 4) is 0 Å². The van der Waals surface area contributed by atoms with E-state index in [0.717, 1.165) is 5.56 Å². The highest BCUT2D eigenvalue weighted by Gasteiger charge is 2.65. The Morgan fingerprint density at radius 3 is 2.52 bits per heavy atom. The molecule has 1 aliphatic heterocycles. The van der Waals surface area contributed by atoms with Gasteiger partial charge in [0, 0.05) is 12.6 Å². The summed E-state index contributed by atoms with van der Waals surface area (Å²) in [6.45, 7) is 0.329. The number of carbonyl (C=O) groups is 3. The lowest BCUT2D eigenvalue weighted by molar-refractivity contribution is -0.155. The maximum Gasteiger partial charge on any atom is 0.312 e. The fraction of sp³-hybridized carbons (Fsp3) is 0.471. The summed E-state index contributed by atoms with van der Waals surface area (Å²) in [6.07, 6.45) is 1.25. The Balaban J connectivity index is 1.97. The molecule has 0 radical (unpaired) electrons. The Bertz CT molecular complexity index is 644. The third-order valence-corrected chi connectivity index (χ3v) is 5.21. The SMILES string of the molecule is O=C(O)C[C@H]1C(=O)N(Cc2ccccc2)[C@@H]2CCC[C@@]12C(=O)O. The van der Waals surface area contributed by atoms with Crippen molar-refractivity contribution in [3.05, 3.63) is 35.9 Å². The number of aliphatic carboxylic acids is 2. The molecule has 0 unspecified atom stereocenters. The van der Waals surface area contributed by atoms with Crippen molar-refractivity contribution < 1.29 is 24.6 Å². The first kappa shape index (κ1) is 15.5. The van der Waals surface area contributed by atoms with Gasteiger partial charge < -0.3 is 15.1 Å². The minimum absolute atomic E-state index is 0.329. The molecule has 2 fully saturated rings. The van der Waals surface area contributed by atoms with Crippen molar-refractivity contribution in [1.82, 2.24) is 4.90 Å². The van der Waals surface area contributed by atoms with Crippen molar-refractivity contribution >= 4 is 17.8 Å². The minimum Gasteiger partial charge on any atom is -0.481 e. The maximum atomic E-state index is 12.8. The summed E-state index contributed by atoms with van der Waals surface area (Å²) < 4.78 is 0. The standard InChI is InChI=1S/C17H19NO5/c19-14(20)9-12-15(21)18(10-11-5-2-1-3-6-11)13-7-4-8-17(12,13)16(22)23/h1-3,5-6,12-13H,4,7-10H2,(H,19,20)(H,22,23)/t12-,13+,17+/m0/s1. The molecule has 1 saturated carbocycles. The van der Waals surface area contributed by atoms with Gasteiger partial charge in [-0.2, -0.15) is 0 Å². The van der Waals surface area contributed by atoms with Crippen molar-refractivity contribution in [1.29, 1.82) is 0 Å². The third-order valence-electron chi connectivity index (χ3n) is 5.21. The predicted octanol–water partition coefficient (Wildman–Crippen LogP) is 1.74. The van der Waals surface area contributed by atoms with Gasteiger partial charge in [0.25, 0.3) is 0 Å². The number of hydrogen-bond acceptors (Lipinski definition) is 3. The van der Waals surface area contributed by atoms with Crippen LogP contribution in [0, 0.1) is 11.3 Å². The highest BCUT2D eigenvalue weighted by atomic mass is 16.4. The molecule has 2 aliphatic rings. The van der Waals surface area contributed by atoms with Crippen molar-refractivity contribution in [2.75, 3.05) is 0 Å². The molecule has 0 spiro atoms. The van der Waals surface area contributed by atoms with Crippen LogP contribution in [0.1, 0.15) is 31.2 Å². The van der Waals surface area contributed by atoms with E-state index in [0.29, 0.717) is 25.8 Å². The summed E-state index contributed by atoms with van der Waals surface area (Å²) in [6, 6.07) is 8.95. The number of carbonyl (C=O) groups excluding carboxylic acids is 1. The van der Waals surface area contributed by atoms with Gasteiger partial charge in [-0.25, -0.2) is 0 Å². The second-order valence-electron chi connectivity index (χ2n) is 6.36. The van der Waals surface area contributed by atoms with Crippen LogP contribution in [0.3, 0.4) is 0 Å². The highest BCUT2D eigenvalue weighted by molar-refractivity contribution is 5.94. The molecule has 0 aromatic heterocycles. The zero-order chi connectivity index (χ0) is 16.6. The van der Waals surface area contributed by atoms with Crippen LogP contribution in [-0.4, -0.2) is 39.0 Å². The number of carboxylic acid groups (broad SMARTS) is 2. The van der Waals surface area contributed by atoms with Crippen LogP contribution < -0.4 is 0 Å². The summed E-state index contributed by atoms with van der Waals surface area (Å²) in [5.74, 6) is -3.50. The minimum atomic E-state index is -1.26. The predicted molar refractivity (Wildman–Crippen MR) is 80.4 cm³/mol. The molecule has 6 nitrogen and oxygen atoms in total. The first-order valence-corrected chi connectivity index (χ1v) is 7.76. The van der Waals surface area contributed by atoms with Crippen molar-refractivity contribution in [2.45, 2.75) is 38.3 Å². The lowest BCUT2D eigenvalue weighted by Gasteiger charge is -2.30. The van der Waals surface area contributed by atoms with Crippen LogP contribution in [0.15, 0.2) is 30.3 Å². The van der Waals surface area contributed by atoms with Crippen LogP contribution in [-0.2, 0) is 20.9 Å². The smallest absolute Gasteiger partial charge is 0.312 e. The Labute approximate surface area is 133 Å². The van der Waals surface area contributed by atoms with Crippen LogP contribution in [0.4, 0.5) is 0 Å². The third kappa shape index (κ3) is 2.38. The monoisotopic (exact) mass is 317 g/mol. The lowest BCUT2D eigenvalue weighted by Crippen LogP contribution is -2.43. The summed E-state index contributed by atoms with van der Waals surface area (Å²) in [5.41, 5.74) is -0.340. The van der Waals surface area contributed by atoms with E-state index in [1.165, 1.54) is 0 Å². The van der Waals surface area contributed by atoms with Gasteiger partial charge in [-0.1, -0.05) is 36.8 Å². The number of nitrogens with zero attached hydrogens (tertiary/aromatic N) is 1. The quantitative estimate of drug-likeness (QED) is 0.862. The molecule has 122 valence electrons. The molecule has 3 atom stereocenters. The first-order valence-electron chi connectivity index (χ1n) is 7.76. The molecule has 1 aromatic carbocycles. The largest absolute Gasteiger partial charge is 0.481 e. The number of amides is 1. The van der Waals surface area contributed by atoms with Crippen LogP contribution >= 0.6 is 0 Å². The van der Waals surface area contributed by atoms with Crippen molar-refractivity contribution in [2.24, 2.45) is 11.3 Å². The molecule has 6 heteroatoms.